The molecule has 0 aliphatic heterocycles. The molecule has 7 heteroatoms. The third kappa shape index (κ3) is 5.14. The van der Waals surface area contributed by atoms with Crippen LogP contribution in [-0.2, 0) is 4.79 Å². The number of ether oxygens (including phenoxy) is 2. The van der Waals surface area contributed by atoms with E-state index in [0.717, 1.165) is 70.6 Å². The Morgan fingerprint density at radius 2 is 1.63 bits per heavy atom. The highest BCUT2D eigenvalue weighted by molar-refractivity contribution is 5.98. The van der Waals surface area contributed by atoms with E-state index in [-0.39, 0.29) is 53.0 Å². The number of methoxy groups -OCH3 is 1. The molecule has 6 nitrogen and oxygen atoms in total. The molecule has 5 rings (SSSR count). The second kappa shape index (κ2) is 10.4. The van der Waals surface area contributed by atoms with Gasteiger partial charge in [-0.25, -0.2) is 4.39 Å². The minimum absolute atomic E-state index is 0.0424. The maximum atomic E-state index is 14.8. The molecule has 4 aliphatic rings. The van der Waals surface area contributed by atoms with Crippen LogP contribution in [0.1, 0.15) is 87.9 Å². The van der Waals surface area contributed by atoms with Gasteiger partial charge in [-0.15, -0.1) is 0 Å². The number of carbonyl (C=O) groups excluding carboxylic acids is 2. The number of rotatable bonds is 7. The van der Waals surface area contributed by atoms with Crippen LogP contribution < -0.4 is 20.1 Å². The molecule has 4 fully saturated rings. The van der Waals surface area contributed by atoms with Crippen molar-refractivity contribution in [2.75, 3.05) is 7.11 Å². The molecule has 0 saturated heterocycles. The summed E-state index contributed by atoms with van der Waals surface area (Å²) in [6.45, 7) is 2.23. The van der Waals surface area contributed by atoms with E-state index in [4.69, 9.17) is 9.47 Å². The monoisotopic (exact) mass is 486 g/mol. The van der Waals surface area contributed by atoms with E-state index in [1.807, 2.05) is 0 Å². The Hall–Kier alpha value is -2.31. The van der Waals surface area contributed by atoms with Crippen LogP contribution in [0.3, 0.4) is 0 Å². The van der Waals surface area contributed by atoms with Crippen molar-refractivity contribution in [3.05, 3.63) is 23.5 Å². The quantitative estimate of drug-likeness (QED) is 0.569. The van der Waals surface area contributed by atoms with Crippen LogP contribution in [0.4, 0.5) is 4.39 Å². The van der Waals surface area contributed by atoms with Gasteiger partial charge in [0, 0.05) is 18.2 Å². The van der Waals surface area contributed by atoms with E-state index in [2.05, 4.69) is 17.6 Å². The first-order valence-corrected chi connectivity index (χ1v) is 13.6. The highest BCUT2D eigenvalue weighted by Crippen LogP contribution is 2.49. The summed E-state index contributed by atoms with van der Waals surface area (Å²) in [5.41, 5.74) is 0.255. The van der Waals surface area contributed by atoms with Crippen LogP contribution in [-0.4, -0.2) is 37.1 Å². The number of carbonyl (C=O) groups is 2. The highest BCUT2D eigenvalue weighted by Gasteiger charge is 2.51. The molecule has 0 unspecified atom stereocenters. The van der Waals surface area contributed by atoms with Crippen molar-refractivity contribution >= 4 is 11.8 Å². The standard InChI is InChI=1S/C28H39FN2O4/c1-16-7-11-20(12-8-16)35-24-14-21(23(34-2)15-22(24)29)27(32)31-26-18-10-9-17(13-18)25(26)28(33)30-19-5-3-4-6-19/h14-20,25-26H,3-13H2,1-2H3,(H,30,33)(H,31,32)/t16-,17-,18+,20-,25+,26-/m1/s1. The average molecular weight is 487 g/mol. The molecular formula is C28H39FN2O4. The van der Waals surface area contributed by atoms with Crippen molar-refractivity contribution in [3.63, 3.8) is 0 Å². The molecule has 192 valence electrons. The molecule has 0 radical (unpaired) electrons. The lowest BCUT2D eigenvalue weighted by Gasteiger charge is -2.32. The molecule has 1 aromatic rings. The molecule has 35 heavy (non-hydrogen) atoms. The fourth-order valence-corrected chi connectivity index (χ4v) is 6.97. The summed E-state index contributed by atoms with van der Waals surface area (Å²) < 4.78 is 26.2. The maximum absolute atomic E-state index is 14.8. The lowest BCUT2D eigenvalue weighted by atomic mass is 9.83. The number of halogens is 1. The first-order chi connectivity index (χ1) is 16.9. The summed E-state index contributed by atoms with van der Waals surface area (Å²) in [5.74, 6) is 0.576. The van der Waals surface area contributed by atoms with Crippen molar-refractivity contribution in [1.82, 2.24) is 10.6 Å². The molecule has 0 spiro atoms. The molecule has 4 atom stereocenters. The Morgan fingerprint density at radius 3 is 2.34 bits per heavy atom. The van der Waals surface area contributed by atoms with Crippen molar-refractivity contribution < 1.29 is 23.5 Å². The van der Waals surface area contributed by atoms with E-state index in [1.165, 1.54) is 19.2 Å². The van der Waals surface area contributed by atoms with Gasteiger partial charge in [-0.2, -0.15) is 0 Å². The van der Waals surface area contributed by atoms with Crippen LogP contribution in [0, 0.1) is 29.5 Å². The van der Waals surface area contributed by atoms with Crippen LogP contribution in [0.25, 0.3) is 0 Å². The summed E-state index contributed by atoms with van der Waals surface area (Å²) in [6, 6.07) is 2.77. The largest absolute Gasteiger partial charge is 0.496 e. The summed E-state index contributed by atoms with van der Waals surface area (Å²) >= 11 is 0. The first kappa shape index (κ1) is 24.4. The third-order valence-corrected chi connectivity index (χ3v) is 8.97. The summed E-state index contributed by atoms with van der Waals surface area (Å²) in [7, 11) is 1.43. The summed E-state index contributed by atoms with van der Waals surface area (Å²) in [5, 5.41) is 6.41. The number of benzene rings is 1. The number of amides is 2. The van der Waals surface area contributed by atoms with Crippen molar-refractivity contribution in [3.8, 4) is 11.5 Å². The molecule has 4 saturated carbocycles. The fraction of sp³-hybridized carbons (Fsp3) is 0.714. The van der Waals surface area contributed by atoms with E-state index < -0.39 is 5.82 Å². The predicted octanol–water partition coefficient (Wildman–Crippen LogP) is 5.00. The van der Waals surface area contributed by atoms with E-state index in [9.17, 15) is 14.0 Å². The third-order valence-electron chi connectivity index (χ3n) is 8.97. The Morgan fingerprint density at radius 1 is 0.914 bits per heavy atom. The van der Waals surface area contributed by atoms with Crippen LogP contribution in [0.5, 0.6) is 11.5 Å². The Kier molecular flexibility index (Phi) is 7.21. The van der Waals surface area contributed by atoms with Gasteiger partial charge in [-0.3, -0.25) is 9.59 Å². The van der Waals surface area contributed by atoms with Gasteiger partial charge < -0.3 is 20.1 Å². The molecule has 2 amide bonds. The maximum Gasteiger partial charge on any atom is 0.255 e. The van der Waals surface area contributed by atoms with Crippen molar-refractivity contribution in [2.45, 2.75) is 95.7 Å². The Bertz CT molecular complexity index is 939. The minimum Gasteiger partial charge on any atom is -0.496 e. The zero-order valence-corrected chi connectivity index (χ0v) is 21.0. The zero-order valence-electron chi connectivity index (χ0n) is 21.0. The molecule has 1 aromatic carbocycles. The molecule has 4 aliphatic carbocycles. The molecule has 0 aromatic heterocycles. The van der Waals surface area contributed by atoms with Crippen LogP contribution in [0.2, 0.25) is 0 Å². The van der Waals surface area contributed by atoms with Crippen molar-refractivity contribution in [2.24, 2.45) is 23.7 Å². The Labute approximate surface area is 207 Å². The van der Waals surface area contributed by atoms with Gasteiger partial charge >= 0.3 is 0 Å². The van der Waals surface area contributed by atoms with Crippen LogP contribution in [0.15, 0.2) is 12.1 Å². The molecule has 2 bridgehead atoms. The lowest BCUT2D eigenvalue weighted by Crippen LogP contribution is -2.51. The average Bonchev–Trinajstić information content (AvgIpc) is 3.60. The smallest absolute Gasteiger partial charge is 0.255 e. The van der Waals surface area contributed by atoms with Gasteiger partial charge in [0.1, 0.15) is 5.75 Å². The van der Waals surface area contributed by atoms with E-state index in [1.54, 1.807) is 0 Å². The number of hydrogen-bond acceptors (Lipinski definition) is 4. The second-order valence-corrected chi connectivity index (χ2v) is 11.3. The second-order valence-electron chi connectivity index (χ2n) is 11.3. The molecular weight excluding hydrogens is 447 g/mol. The minimum atomic E-state index is -0.522. The lowest BCUT2D eigenvalue weighted by molar-refractivity contribution is -0.128. The summed E-state index contributed by atoms with van der Waals surface area (Å²) in [6.07, 6.45) is 11.3. The number of nitrogens with one attached hydrogen (secondary N) is 2. The Balaban J connectivity index is 1.31. The zero-order chi connectivity index (χ0) is 24.5. The molecule has 2 N–H and O–H groups in total. The van der Waals surface area contributed by atoms with Gasteiger partial charge in [0.15, 0.2) is 11.6 Å². The highest BCUT2D eigenvalue weighted by atomic mass is 19.1. The fourth-order valence-electron chi connectivity index (χ4n) is 6.97. The van der Waals surface area contributed by atoms with Gasteiger partial charge in [-0.05, 0) is 81.6 Å². The first-order valence-electron chi connectivity index (χ1n) is 13.6. The van der Waals surface area contributed by atoms with Gasteiger partial charge in [-0.1, -0.05) is 19.8 Å². The van der Waals surface area contributed by atoms with E-state index >= 15 is 0 Å². The molecule has 0 heterocycles. The van der Waals surface area contributed by atoms with Crippen LogP contribution >= 0.6 is 0 Å². The van der Waals surface area contributed by atoms with Gasteiger partial charge in [0.05, 0.1) is 24.7 Å². The summed E-state index contributed by atoms with van der Waals surface area (Å²) in [4.78, 5) is 26.7. The SMILES string of the molecule is COc1cc(F)c(O[C@H]2CC[C@H](C)CC2)cc1C(=O)N[C@@H]1[C@H]2CC[C@H](C2)[C@@H]1C(=O)NC1CCCC1. The number of hydrogen-bond donors (Lipinski definition) is 2. The number of fused-ring (bicyclic) bond motifs is 2. The topological polar surface area (TPSA) is 76.7 Å². The van der Waals surface area contributed by atoms with E-state index in [0.29, 0.717) is 17.8 Å². The van der Waals surface area contributed by atoms with Crippen molar-refractivity contribution in [1.29, 1.82) is 0 Å². The van der Waals surface area contributed by atoms with Gasteiger partial charge in [0.25, 0.3) is 5.91 Å². The normalized spacial score (nSPS) is 32.4. The van der Waals surface area contributed by atoms with Gasteiger partial charge in [0.2, 0.25) is 5.91 Å². The predicted molar refractivity (Wildman–Crippen MR) is 131 cm³/mol.